The lowest BCUT2D eigenvalue weighted by molar-refractivity contribution is 0.483. The first-order valence-electron chi connectivity index (χ1n) is 31.2. The van der Waals surface area contributed by atoms with Crippen molar-refractivity contribution in [2.75, 3.05) is 16.5 Å². The van der Waals surface area contributed by atoms with Gasteiger partial charge in [-0.1, -0.05) is 221 Å². The Labute approximate surface area is 520 Å². The standard InChI is InChI=1S/C82H66N6O/c1-54-45-79(83-52-71(54)59-38-40-61(41-39-59)82(2,3)4)88-73-36-18-17-31-69(73)70-43-42-63(49-74(70)88)89-64-47-60(80-65(55-23-9-5-10-24-55)32-21-33-66(80)56-25-11-6-12-26-56)46-62(48-64)86-53-87(77-51-75-72(50-76(77)86)84-78-37-19-20-44-85(75)78)81-67(57-27-13-7-14-28-57)34-22-35-68(81)58-29-15-8-16-30-58/h5-18,21-36,38-43,45-52H,19-20,37,44,53H2,1-4H3. The van der Waals surface area contributed by atoms with E-state index in [4.69, 9.17) is 14.7 Å². The van der Waals surface area contributed by atoms with E-state index in [9.17, 15) is 0 Å². The highest BCUT2D eigenvalue weighted by atomic mass is 16.5. The summed E-state index contributed by atoms with van der Waals surface area (Å²) in [5.41, 5.74) is 24.8. The zero-order chi connectivity index (χ0) is 59.7. The molecule has 0 saturated heterocycles. The van der Waals surface area contributed by atoms with Crippen LogP contribution in [0.1, 0.15) is 50.6 Å². The summed E-state index contributed by atoms with van der Waals surface area (Å²) in [6.45, 7) is 10.4. The number of para-hydroxylation sites is 2. The number of anilines is 4. The van der Waals surface area contributed by atoms with E-state index in [-0.39, 0.29) is 5.41 Å². The fraction of sp³-hybridized carbons (Fsp3) is 0.122. The minimum absolute atomic E-state index is 0.0690. The summed E-state index contributed by atoms with van der Waals surface area (Å²) in [5.74, 6) is 3.44. The van der Waals surface area contributed by atoms with Crippen LogP contribution in [0.5, 0.6) is 11.5 Å². The number of ether oxygens (including phenoxy) is 1. The number of imidazole rings is 1. The van der Waals surface area contributed by atoms with E-state index in [2.05, 4.69) is 307 Å². The van der Waals surface area contributed by atoms with Crippen LogP contribution in [0.15, 0.2) is 267 Å². The molecule has 0 amide bonds. The predicted molar refractivity (Wildman–Crippen MR) is 369 cm³/mol. The largest absolute Gasteiger partial charge is 0.457 e. The van der Waals surface area contributed by atoms with Crippen LogP contribution in [-0.2, 0) is 18.4 Å². The molecule has 2 aliphatic rings. The molecule has 0 atom stereocenters. The Hall–Kier alpha value is -10.8. The van der Waals surface area contributed by atoms with Crippen molar-refractivity contribution in [2.24, 2.45) is 0 Å². The second-order valence-electron chi connectivity index (χ2n) is 24.9. The van der Waals surface area contributed by atoms with Crippen LogP contribution in [0.25, 0.3) is 105 Å². The average Bonchev–Trinajstić information content (AvgIpc) is 1.67. The van der Waals surface area contributed by atoms with Crippen LogP contribution in [-0.4, -0.2) is 25.8 Å². The van der Waals surface area contributed by atoms with E-state index in [1.807, 2.05) is 6.20 Å². The molecule has 0 saturated carbocycles. The van der Waals surface area contributed by atoms with Gasteiger partial charge in [-0.3, -0.25) is 4.57 Å². The van der Waals surface area contributed by atoms with E-state index in [0.29, 0.717) is 12.4 Å². The first-order valence-corrected chi connectivity index (χ1v) is 31.2. The van der Waals surface area contributed by atoms with E-state index in [1.54, 1.807) is 0 Å². The minimum atomic E-state index is 0.0690. The number of hydrogen-bond acceptors (Lipinski definition) is 5. The molecular formula is C82H66N6O. The van der Waals surface area contributed by atoms with Gasteiger partial charge in [0, 0.05) is 64.4 Å². The number of hydrogen-bond donors (Lipinski definition) is 0. The molecule has 89 heavy (non-hydrogen) atoms. The lowest BCUT2D eigenvalue weighted by Crippen LogP contribution is -2.25. The van der Waals surface area contributed by atoms with Crippen molar-refractivity contribution >= 4 is 55.6 Å². The van der Waals surface area contributed by atoms with Crippen molar-refractivity contribution in [3.05, 3.63) is 284 Å². The summed E-state index contributed by atoms with van der Waals surface area (Å²) in [4.78, 5) is 15.7. The maximum atomic E-state index is 7.45. The zero-order valence-corrected chi connectivity index (χ0v) is 50.5. The lowest BCUT2D eigenvalue weighted by atomic mass is 9.86. The maximum Gasteiger partial charge on any atom is 0.137 e. The van der Waals surface area contributed by atoms with E-state index >= 15 is 0 Å². The highest BCUT2D eigenvalue weighted by molar-refractivity contribution is 6.10. The van der Waals surface area contributed by atoms with Crippen LogP contribution in [0.4, 0.5) is 22.7 Å². The summed E-state index contributed by atoms with van der Waals surface area (Å²) >= 11 is 0. The van der Waals surface area contributed by atoms with Crippen molar-refractivity contribution in [1.82, 2.24) is 19.1 Å². The molecule has 0 radical (unpaired) electrons. The van der Waals surface area contributed by atoms with Crippen molar-refractivity contribution in [3.8, 4) is 84.1 Å². The number of nitrogens with zero attached hydrogens (tertiary/aromatic N) is 6. The van der Waals surface area contributed by atoms with Gasteiger partial charge in [-0.15, -0.1) is 0 Å². The van der Waals surface area contributed by atoms with Gasteiger partial charge in [0.05, 0.1) is 39.1 Å². The van der Waals surface area contributed by atoms with Gasteiger partial charge >= 0.3 is 0 Å². The molecule has 3 aromatic heterocycles. The highest BCUT2D eigenvalue weighted by Crippen LogP contribution is 2.53. The molecule has 11 aromatic carbocycles. The third kappa shape index (κ3) is 9.62. The summed E-state index contributed by atoms with van der Waals surface area (Å²) in [5, 5.41) is 2.28. The second-order valence-corrected chi connectivity index (χ2v) is 24.9. The molecule has 0 fully saturated rings. The zero-order valence-electron chi connectivity index (χ0n) is 50.5. The molecular weight excluding hydrogens is 1080 g/mol. The van der Waals surface area contributed by atoms with Crippen molar-refractivity contribution in [2.45, 2.75) is 58.9 Å². The molecule has 14 aromatic rings. The number of aryl methyl sites for hydroxylation is 3. The van der Waals surface area contributed by atoms with Crippen molar-refractivity contribution in [1.29, 1.82) is 0 Å². The molecule has 2 aliphatic heterocycles. The number of rotatable bonds is 11. The molecule has 5 heterocycles. The molecule has 0 bridgehead atoms. The van der Waals surface area contributed by atoms with Crippen molar-refractivity contribution in [3.63, 3.8) is 0 Å². The first-order chi connectivity index (χ1) is 43.7. The normalized spacial score (nSPS) is 13.1. The Morgan fingerprint density at radius 1 is 0.438 bits per heavy atom. The van der Waals surface area contributed by atoms with Gasteiger partial charge < -0.3 is 19.1 Å². The van der Waals surface area contributed by atoms with Gasteiger partial charge in [0.15, 0.2) is 0 Å². The number of benzene rings is 11. The predicted octanol–water partition coefficient (Wildman–Crippen LogP) is 21.5. The lowest BCUT2D eigenvalue weighted by Gasteiger charge is -2.28. The van der Waals surface area contributed by atoms with Gasteiger partial charge in [0.1, 0.15) is 29.8 Å². The highest BCUT2D eigenvalue weighted by Gasteiger charge is 2.34. The third-order valence-corrected chi connectivity index (χ3v) is 18.3. The van der Waals surface area contributed by atoms with Crippen LogP contribution < -0.4 is 14.5 Å². The average molecular weight is 1150 g/mol. The monoisotopic (exact) mass is 1150 g/mol. The maximum absolute atomic E-state index is 7.45. The van der Waals surface area contributed by atoms with Crippen LogP contribution >= 0.6 is 0 Å². The topological polar surface area (TPSA) is 51.4 Å². The number of pyridine rings is 1. The minimum Gasteiger partial charge on any atom is -0.457 e. The van der Waals surface area contributed by atoms with Crippen LogP contribution in [0.2, 0.25) is 0 Å². The Kier molecular flexibility index (Phi) is 13.2. The number of fused-ring (bicyclic) bond motifs is 7. The van der Waals surface area contributed by atoms with E-state index in [0.717, 1.165) is 166 Å². The van der Waals surface area contributed by atoms with Gasteiger partial charge in [0.25, 0.3) is 0 Å². The fourth-order valence-electron chi connectivity index (χ4n) is 13.9. The quantitative estimate of drug-likeness (QED) is 0.129. The second kappa shape index (κ2) is 21.9. The summed E-state index contributed by atoms with van der Waals surface area (Å²) in [6.07, 6.45) is 5.28. The molecule has 0 spiro atoms. The fourth-order valence-corrected chi connectivity index (χ4v) is 13.9. The summed E-state index contributed by atoms with van der Waals surface area (Å²) < 4.78 is 12.2. The van der Waals surface area contributed by atoms with Crippen LogP contribution in [0.3, 0.4) is 0 Å². The van der Waals surface area contributed by atoms with Gasteiger partial charge in [-0.25, -0.2) is 9.97 Å². The Bertz CT molecular complexity index is 4890. The van der Waals surface area contributed by atoms with Gasteiger partial charge in [-0.05, 0) is 135 Å². The third-order valence-electron chi connectivity index (χ3n) is 18.3. The molecule has 16 rings (SSSR count). The molecule has 0 aliphatic carbocycles. The SMILES string of the molecule is Cc1cc(-n2c3ccccc3c3ccc(Oc4cc(-c5c(-c6ccccc6)cccc5-c5ccccc5)cc(N5CN(c6c(-c7ccccc7)cccc6-c6ccccc6)c6cc7c(cc65)nc5n7CCCC5)c4)cc32)ncc1-c1ccc(C(C)(C)C)cc1. The Balaban J connectivity index is 0.898. The summed E-state index contributed by atoms with van der Waals surface area (Å²) in [7, 11) is 0. The van der Waals surface area contributed by atoms with Crippen LogP contribution in [0, 0.1) is 6.92 Å². The molecule has 7 heteroatoms. The van der Waals surface area contributed by atoms with Gasteiger partial charge in [0.2, 0.25) is 0 Å². The molecule has 0 N–H and O–H groups in total. The molecule has 430 valence electrons. The molecule has 7 nitrogen and oxygen atoms in total. The van der Waals surface area contributed by atoms with Crippen molar-refractivity contribution < 1.29 is 4.74 Å². The van der Waals surface area contributed by atoms with Gasteiger partial charge in [-0.2, -0.15) is 0 Å². The Morgan fingerprint density at radius 2 is 1.02 bits per heavy atom. The van der Waals surface area contributed by atoms with E-state index in [1.165, 1.54) is 11.1 Å². The first kappa shape index (κ1) is 53.7. The Morgan fingerprint density at radius 3 is 1.66 bits per heavy atom. The summed E-state index contributed by atoms with van der Waals surface area (Å²) in [6, 6.07) is 94.8. The van der Waals surface area contributed by atoms with E-state index < -0.39 is 0 Å². The smallest absolute Gasteiger partial charge is 0.137 e. The number of aromatic nitrogens is 4. The molecule has 0 unspecified atom stereocenters.